The molecular weight excluding hydrogens is 260 g/mol. The molecule has 1 aliphatic rings. The lowest BCUT2D eigenvalue weighted by Crippen LogP contribution is -2.29. The number of nitrogens with zero attached hydrogens (tertiary/aromatic N) is 2. The molecule has 0 aromatic carbocycles. The number of thioether (sulfide) groups is 1. The number of hydrogen-bond acceptors (Lipinski definition) is 5. The van der Waals surface area contributed by atoms with Gasteiger partial charge in [0.05, 0.1) is 5.52 Å². The van der Waals surface area contributed by atoms with Crippen LogP contribution in [-0.4, -0.2) is 20.6 Å². The third kappa shape index (κ3) is 1.59. The number of aromatic nitrogens is 2. The van der Waals surface area contributed by atoms with E-state index in [1.54, 1.807) is 16.3 Å². The molecular formula is C10H10N2OS3. The second-order valence-electron chi connectivity index (χ2n) is 3.70. The van der Waals surface area contributed by atoms with Crippen molar-refractivity contribution in [2.45, 2.75) is 23.4 Å². The van der Waals surface area contributed by atoms with Crippen LogP contribution in [0, 0.1) is 0 Å². The first-order valence-electron chi connectivity index (χ1n) is 5.05. The summed E-state index contributed by atoms with van der Waals surface area (Å²) in [6.07, 6.45) is 1.000. The fourth-order valence-electron chi connectivity index (χ4n) is 1.82. The van der Waals surface area contributed by atoms with E-state index in [0.717, 1.165) is 34.1 Å². The van der Waals surface area contributed by atoms with Gasteiger partial charge in [0, 0.05) is 17.5 Å². The standard InChI is InChI=1S/C10H10N2OS3/c13-9-8-7(2-4-15-8)11-10-12(9)3-1-6(5-14)16-10/h2,4,6,14H,1,3,5H2. The Morgan fingerprint density at radius 3 is 3.31 bits per heavy atom. The van der Waals surface area contributed by atoms with Crippen LogP contribution in [0.4, 0.5) is 0 Å². The number of thiophene rings is 1. The van der Waals surface area contributed by atoms with Crippen molar-refractivity contribution in [1.29, 1.82) is 0 Å². The molecule has 0 bridgehead atoms. The average molecular weight is 270 g/mol. The van der Waals surface area contributed by atoms with E-state index in [1.165, 1.54) is 11.3 Å². The van der Waals surface area contributed by atoms with Gasteiger partial charge in [-0.25, -0.2) is 4.98 Å². The van der Waals surface area contributed by atoms with Crippen LogP contribution < -0.4 is 5.56 Å². The highest BCUT2D eigenvalue weighted by Crippen LogP contribution is 2.30. The van der Waals surface area contributed by atoms with Gasteiger partial charge < -0.3 is 0 Å². The van der Waals surface area contributed by atoms with E-state index in [2.05, 4.69) is 17.6 Å². The number of thiol groups is 1. The van der Waals surface area contributed by atoms with Gasteiger partial charge in [0.2, 0.25) is 0 Å². The van der Waals surface area contributed by atoms with Crippen molar-refractivity contribution >= 4 is 45.9 Å². The van der Waals surface area contributed by atoms with Crippen LogP contribution in [0.2, 0.25) is 0 Å². The lowest BCUT2D eigenvalue weighted by atomic mass is 10.3. The van der Waals surface area contributed by atoms with Crippen molar-refractivity contribution in [2.75, 3.05) is 5.75 Å². The fourth-order valence-corrected chi connectivity index (χ4v) is 4.05. The Labute approximate surface area is 106 Å². The normalized spacial score (nSPS) is 19.9. The van der Waals surface area contributed by atoms with E-state index < -0.39 is 0 Å². The van der Waals surface area contributed by atoms with Crippen molar-refractivity contribution in [3.05, 3.63) is 21.8 Å². The van der Waals surface area contributed by atoms with Gasteiger partial charge in [-0.3, -0.25) is 9.36 Å². The van der Waals surface area contributed by atoms with Crippen LogP contribution in [0.1, 0.15) is 6.42 Å². The molecule has 0 amide bonds. The molecule has 3 heterocycles. The van der Waals surface area contributed by atoms with Gasteiger partial charge in [0.15, 0.2) is 5.16 Å². The van der Waals surface area contributed by atoms with Crippen molar-refractivity contribution in [2.24, 2.45) is 0 Å². The van der Waals surface area contributed by atoms with Gasteiger partial charge in [-0.15, -0.1) is 11.3 Å². The molecule has 6 heteroatoms. The Bertz CT molecular complexity index is 589. The Kier molecular flexibility index (Phi) is 2.73. The minimum absolute atomic E-state index is 0.111. The van der Waals surface area contributed by atoms with Crippen molar-refractivity contribution in [3.63, 3.8) is 0 Å². The molecule has 0 aliphatic carbocycles. The average Bonchev–Trinajstić information content (AvgIpc) is 2.77. The zero-order valence-corrected chi connectivity index (χ0v) is 10.9. The summed E-state index contributed by atoms with van der Waals surface area (Å²) in [6.45, 7) is 0.771. The highest BCUT2D eigenvalue weighted by Gasteiger charge is 2.21. The highest BCUT2D eigenvalue weighted by molar-refractivity contribution is 8.00. The minimum Gasteiger partial charge on any atom is -0.286 e. The molecule has 0 saturated heterocycles. The molecule has 2 aromatic heterocycles. The lowest BCUT2D eigenvalue weighted by Gasteiger charge is -2.22. The summed E-state index contributed by atoms with van der Waals surface area (Å²) in [5.41, 5.74) is 0.939. The predicted octanol–water partition coefficient (Wildman–Crippen LogP) is 2.25. The van der Waals surface area contributed by atoms with E-state index in [0.29, 0.717) is 5.25 Å². The molecule has 0 N–H and O–H groups in total. The van der Waals surface area contributed by atoms with Crippen molar-refractivity contribution in [1.82, 2.24) is 9.55 Å². The molecule has 1 aliphatic heterocycles. The second kappa shape index (κ2) is 4.09. The van der Waals surface area contributed by atoms with Crippen LogP contribution in [0.3, 0.4) is 0 Å². The zero-order valence-electron chi connectivity index (χ0n) is 8.42. The van der Waals surface area contributed by atoms with E-state index in [-0.39, 0.29) is 5.56 Å². The van der Waals surface area contributed by atoms with E-state index in [4.69, 9.17) is 0 Å². The van der Waals surface area contributed by atoms with Crippen LogP contribution >= 0.6 is 35.7 Å². The molecule has 3 nitrogen and oxygen atoms in total. The van der Waals surface area contributed by atoms with Gasteiger partial charge in [0.25, 0.3) is 5.56 Å². The molecule has 0 spiro atoms. The van der Waals surface area contributed by atoms with Gasteiger partial charge in [-0.2, -0.15) is 12.6 Å². The smallest absolute Gasteiger partial charge is 0.272 e. The van der Waals surface area contributed by atoms with Gasteiger partial charge in [-0.05, 0) is 17.9 Å². The third-order valence-electron chi connectivity index (χ3n) is 2.68. The third-order valence-corrected chi connectivity index (χ3v) is 5.52. The summed E-state index contributed by atoms with van der Waals surface area (Å²) < 4.78 is 2.57. The fraction of sp³-hybridized carbons (Fsp3) is 0.400. The Morgan fingerprint density at radius 2 is 2.50 bits per heavy atom. The Morgan fingerprint density at radius 1 is 1.62 bits per heavy atom. The topological polar surface area (TPSA) is 34.9 Å². The SMILES string of the molecule is O=c1c2sccc2nc2n1CCC(CS)S2. The van der Waals surface area contributed by atoms with Gasteiger partial charge >= 0.3 is 0 Å². The van der Waals surface area contributed by atoms with Crippen LogP contribution in [0.25, 0.3) is 10.2 Å². The number of hydrogen-bond donors (Lipinski definition) is 1. The molecule has 3 rings (SSSR count). The van der Waals surface area contributed by atoms with Gasteiger partial charge in [-0.1, -0.05) is 11.8 Å². The van der Waals surface area contributed by atoms with Crippen molar-refractivity contribution < 1.29 is 0 Å². The molecule has 1 unspecified atom stereocenters. The molecule has 0 saturated carbocycles. The molecule has 2 aromatic rings. The maximum Gasteiger partial charge on any atom is 0.272 e. The quantitative estimate of drug-likeness (QED) is 0.637. The first-order valence-corrected chi connectivity index (χ1v) is 7.44. The van der Waals surface area contributed by atoms with Gasteiger partial charge in [0.1, 0.15) is 4.70 Å². The Hall–Kier alpha value is -0.460. The van der Waals surface area contributed by atoms with E-state index >= 15 is 0 Å². The minimum atomic E-state index is 0.111. The molecule has 0 radical (unpaired) electrons. The molecule has 0 fully saturated rings. The summed E-state index contributed by atoms with van der Waals surface area (Å²) in [6, 6.07) is 1.91. The molecule has 84 valence electrons. The zero-order chi connectivity index (χ0) is 11.1. The van der Waals surface area contributed by atoms with Crippen LogP contribution in [0.15, 0.2) is 21.4 Å². The second-order valence-corrected chi connectivity index (χ2v) is 6.25. The Balaban J connectivity index is 2.20. The molecule has 16 heavy (non-hydrogen) atoms. The van der Waals surface area contributed by atoms with Crippen LogP contribution in [0.5, 0.6) is 0 Å². The first kappa shape index (κ1) is 10.7. The predicted molar refractivity (Wildman–Crippen MR) is 72.0 cm³/mol. The maximum atomic E-state index is 12.1. The summed E-state index contributed by atoms with van der Waals surface area (Å²) in [4.78, 5) is 16.7. The largest absolute Gasteiger partial charge is 0.286 e. The maximum absolute atomic E-state index is 12.1. The molecule has 1 atom stereocenters. The summed E-state index contributed by atoms with van der Waals surface area (Å²) >= 11 is 7.45. The van der Waals surface area contributed by atoms with Crippen LogP contribution in [-0.2, 0) is 6.54 Å². The highest BCUT2D eigenvalue weighted by atomic mass is 32.2. The number of fused-ring (bicyclic) bond motifs is 2. The first-order chi connectivity index (χ1) is 7.79. The lowest BCUT2D eigenvalue weighted by molar-refractivity contribution is 0.543. The summed E-state index contributed by atoms with van der Waals surface area (Å²) in [5, 5.41) is 3.25. The van der Waals surface area contributed by atoms with Crippen molar-refractivity contribution in [3.8, 4) is 0 Å². The monoisotopic (exact) mass is 270 g/mol. The summed E-state index contributed by atoms with van der Waals surface area (Å²) in [5.74, 6) is 0.836. The number of rotatable bonds is 1. The van der Waals surface area contributed by atoms with E-state index in [9.17, 15) is 4.79 Å². The van der Waals surface area contributed by atoms with E-state index in [1.807, 2.05) is 11.4 Å². The summed E-state index contributed by atoms with van der Waals surface area (Å²) in [7, 11) is 0.